The van der Waals surface area contributed by atoms with E-state index < -0.39 is 0 Å². The minimum atomic E-state index is 0.482. The monoisotopic (exact) mass is 347 g/mol. The maximum absolute atomic E-state index is 6.08. The van der Waals surface area contributed by atoms with Gasteiger partial charge in [-0.05, 0) is 42.8 Å². The van der Waals surface area contributed by atoms with Crippen LogP contribution in [-0.4, -0.2) is 13.1 Å². The highest BCUT2D eigenvalue weighted by molar-refractivity contribution is 6.30. The van der Waals surface area contributed by atoms with Crippen LogP contribution in [-0.2, 0) is 5.88 Å². The van der Waals surface area contributed by atoms with Gasteiger partial charge in [0.05, 0.1) is 11.4 Å². The average molecular weight is 348 g/mol. The Kier molecular flexibility index (Phi) is 4.69. The summed E-state index contributed by atoms with van der Waals surface area (Å²) in [6.07, 6.45) is 0. The van der Waals surface area contributed by atoms with E-state index in [1.165, 1.54) is 0 Å². The molecule has 3 rings (SSSR count). The van der Waals surface area contributed by atoms with E-state index in [4.69, 9.17) is 28.9 Å². The molecule has 5 heteroatoms. The molecule has 1 heterocycles. The third-order valence-corrected chi connectivity index (χ3v) is 4.51. The summed E-state index contributed by atoms with van der Waals surface area (Å²) in [6, 6.07) is 14.1. The number of fused-ring (bicyclic) bond motifs is 1. The Bertz CT molecular complexity index is 734. The largest absolute Gasteiger partial charge is 0.401 e. The van der Waals surface area contributed by atoms with Crippen LogP contribution in [0, 0.1) is 0 Å². The SMILES string of the molecule is C/C(N)=C1/NCCN(c2ccc(Cl)cc2)c2cc(CCl)ccc21. The van der Waals surface area contributed by atoms with Crippen LogP contribution >= 0.6 is 23.2 Å². The molecule has 3 N–H and O–H groups in total. The summed E-state index contributed by atoms with van der Waals surface area (Å²) in [7, 11) is 0. The topological polar surface area (TPSA) is 41.3 Å². The second kappa shape index (κ2) is 6.73. The van der Waals surface area contributed by atoms with Crippen LogP contribution in [0.2, 0.25) is 5.02 Å². The summed E-state index contributed by atoms with van der Waals surface area (Å²) in [5.41, 5.74) is 12.2. The standard InChI is InChI=1S/C18H19Cl2N3/c1-12(21)18-16-7-2-13(11-19)10-17(16)23(9-8-22-18)15-5-3-14(20)4-6-15/h2-7,10,22H,8-9,11,21H2,1H3/b18-12-. The summed E-state index contributed by atoms with van der Waals surface area (Å²) < 4.78 is 0. The predicted molar refractivity (Wildman–Crippen MR) is 99.2 cm³/mol. The van der Waals surface area contributed by atoms with Gasteiger partial charge in [0.25, 0.3) is 0 Å². The highest BCUT2D eigenvalue weighted by Gasteiger charge is 2.21. The number of hydrogen-bond acceptors (Lipinski definition) is 3. The molecule has 0 amide bonds. The molecule has 0 bridgehead atoms. The number of alkyl halides is 1. The van der Waals surface area contributed by atoms with Crippen molar-refractivity contribution in [2.24, 2.45) is 5.73 Å². The van der Waals surface area contributed by atoms with Crippen molar-refractivity contribution in [3.63, 3.8) is 0 Å². The molecule has 120 valence electrons. The van der Waals surface area contributed by atoms with Gasteiger partial charge in [-0.1, -0.05) is 23.7 Å². The zero-order valence-corrected chi connectivity index (χ0v) is 14.5. The Morgan fingerprint density at radius 3 is 2.61 bits per heavy atom. The van der Waals surface area contributed by atoms with Crippen LogP contribution in [0.4, 0.5) is 11.4 Å². The normalized spacial score (nSPS) is 16.4. The number of nitrogens with one attached hydrogen (secondary N) is 1. The molecule has 2 aromatic carbocycles. The maximum atomic E-state index is 6.08. The van der Waals surface area contributed by atoms with Gasteiger partial charge in [-0.15, -0.1) is 11.6 Å². The van der Waals surface area contributed by atoms with Gasteiger partial charge in [-0.2, -0.15) is 0 Å². The minimum absolute atomic E-state index is 0.482. The lowest BCUT2D eigenvalue weighted by molar-refractivity contribution is 0.846. The fourth-order valence-corrected chi connectivity index (χ4v) is 3.14. The second-order valence-electron chi connectivity index (χ2n) is 5.60. The molecule has 0 saturated carbocycles. The van der Waals surface area contributed by atoms with Crippen LogP contribution in [0.3, 0.4) is 0 Å². The van der Waals surface area contributed by atoms with Crippen LogP contribution in [0.25, 0.3) is 5.70 Å². The van der Waals surface area contributed by atoms with Crippen molar-refractivity contribution in [2.75, 3.05) is 18.0 Å². The minimum Gasteiger partial charge on any atom is -0.401 e. The fourth-order valence-electron chi connectivity index (χ4n) is 2.84. The third-order valence-electron chi connectivity index (χ3n) is 3.95. The molecule has 0 atom stereocenters. The van der Waals surface area contributed by atoms with Gasteiger partial charge in [-0.3, -0.25) is 0 Å². The molecular formula is C18H19Cl2N3. The van der Waals surface area contributed by atoms with Gasteiger partial charge in [0.15, 0.2) is 0 Å². The number of hydrogen-bond donors (Lipinski definition) is 2. The van der Waals surface area contributed by atoms with Crippen LogP contribution in [0.5, 0.6) is 0 Å². The Morgan fingerprint density at radius 2 is 1.96 bits per heavy atom. The summed E-state index contributed by atoms with van der Waals surface area (Å²) in [5, 5.41) is 4.17. The molecule has 0 fully saturated rings. The predicted octanol–water partition coefficient (Wildman–Crippen LogP) is 4.47. The molecule has 0 aromatic heterocycles. The van der Waals surface area contributed by atoms with E-state index in [2.05, 4.69) is 22.3 Å². The molecule has 23 heavy (non-hydrogen) atoms. The van der Waals surface area contributed by atoms with Crippen molar-refractivity contribution in [3.8, 4) is 0 Å². The van der Waals surface area contributed by atoms with Gasteiger partial charge < -0.3 is 16.0 Å². The van der Waals surface area contributed by atoms with Crippen molar-refractivity contribution < 1.29 is 0 Å². The first-order chi connectivity index (χ1) is 11.1. The molecular weight excluding hydrogens is 329 g/mol. The molecule has 2 aromatic rings. The lowest BCUT2D eigenvalue weighted by Crippen LogP contribution is -2.24. The molecule has 0 spiro atoms. The van der Waals surface area contributed by atoms with Gasteiger partial charge >= 0.3 is 0 Å². The molecule has 3 nitrogen and oxygen atoms in total. The summed E-state index contributed by atoms with van der Waals surface area (Å²) in [4.78, 5) is 2.27. The molecule has 0 saturated heterocycles. The van der Waals surface area contributed by atoms with Crippen molar-refractivity contribution in [2.45, 2.75) is 12.8 Å². The van der Waals surface area contributed by atoms with E-state index in [1.807, 2.05) is 37.3 Å². The number of rotatable bonds is 2. The number of nitrogens with zero attached hydrogens (tertiary/aromatic N) is 1. The highest BCUT2D eigenvalue weighted by Crippen LogP contribution is 2.35. The molecule has 1 aliphatic rings. The Morgan fingerprint density at radius 1 is 1.22 bits per heavy atom. The second-order valence-corrected chi connectivity index (χ2v) is 6.30. The van der Waals surface area contributed by atoms with Crippen molar-refractivity contribution in [1.82, 2.24) is 5.32 Å². The molecule has 0 radical (unpaired) electrons. The van der Waals surface area contributed by atoms with E-state index in [-0.39, 0.29) is 0 Å². The summed E-state index contributed by atoms with van der Waals surface area (Å²) in [6.45, 7) is 3.55. The van der Waals surface area contributed by atoms with Crippen LogP contribution in [0.1, 0.15) is 18.1 Å². The first-order valence-corrected chi connectivity index (χ1v) is 8.44. The number of anilines is 2. The zero-order valence-electron chi connectivity index (χ0n) is 12.9. The molecule has 0 aliphatic carbocycles. The van der Waals surface area contributed by atoms with E-state index in [0.29, 0.717) is 5.88 Å². The van der Waals surface area contributed by atoms with Crippen LogP contribution in [0.15, 0.2) is 48.2 Å². The summed E-state index contributed by atoms with van der Waals surface area (Å²) in [5.74, 6) is 0.482. The van der Waals surface area contributed by atoms with Gasteiger partial charge in [0.1, 0.15) is 0 Å². The maximum Gasteiger partial charge on any atom is 0.0623 e. The number of halogens is 2. The number of nitrogens with two attached hydrogens (primary N) is 1. The Balaban J connectivity index is 2.17. The van der Waals surface area contributed by atoms with Crippen molar-refractivity contribution in [3.05, 3.63) is 64.3 Å². The Labute approximate surface area is 146 Å². The molecule has 1 aliphatic heterocycles. The van der Waals surface area contributed by atoms with Gasteiger partial charge in [-0.25, -0.2) is 0 Å². The van der Waals surface area contributed by atoms with Gasteiger partial charge in [0.2, 0.25) is 0 Å². The zero-order chi connectivity index (χ0) is 16.4. The van der Waals surface area contributed by atoms with Gasteiger partial charge in [0, 0.05) is 40.9 Å². The highest BCUT2D eigenvalue weighted by atomic mass is 35.5. The smallest absolute Gasteiger partial charge is 0.0623 e. The first kappa shape index (κ1) is 16.0. The molecule has 0 unspecified atom stereocenters. The Hall–Kier alpha value is -1.84. The fraction of sp³-hybridized carbons (Fsp3) is 0.222. The van der Waals surface area contributed by atoms with E-state index >= 15 is 0 Å². The average Bonchev–Trinajstić information content (AvgIpc) is 2.74. The van der Waals surface area contributed by atoms with Crippen LogP contribution < -0.4 is 16.0 Å². The lowest BCUT2D eigenvalue weighted by Gasteiger charge is -2.25. The van der Waals surface area contributed by atoms with E-state index in [1.54, 1.807) is 0 Å². The number of allylic oxidation sites excluding steroid dienone is 1. The third kappa shape index (κ3) is 3.26. The quantitative estimate of drug-likeness (QED) is 0.787. The van der Waals surface area contributed by atoms with Crippen molar-refractivity contribution in [1.29, 1.82) is 0 Å². The van der Waals surface area contributed by atoms with E-state index in [0.717, 1.165) is 52.0 Å². The van der Waals surface area contributed by atoms with Crippen molar-refractivity contribution >= 4 is 40.3 Å². The van der Waals surface area contributed by atoms with E-state index in [9.17, 15) is 0 Å². The summed E-state index contributed by atoms with van der Waals surface area (Å²) >= 11 is 12.1. The first-order valence-electron chi connectivity index (χ1n) is 7.52. The lowest BCUT2D eigenvalue weighted by atomic mass is 10.0. The number of benzene rings is 2.